The second-order valence-electron chi connectivity index (χ2n) is 2.49. The molecule has 0 aliphatic heterocycles. The normalized spacial score (nSPS) is 9.60. The molecule has 0 spiro atoms. The SMILES string of the molecule is CCOC(=O)C(OC(C)=O)C(=O)OCC. The fraction of sp³-hybridized carbons (Fsp3) is 0.667. The van der Waals surface area contributed by atoms with Gasteiger partial charge in [-0.25, -0.2) is 9.59 Å². The molecule has 0 unspecified atom stereocenters. The minimum atomic E-state index is -1.62. The Hall–Kier alpha value is -1.59. The highest BCUT2D eigenvalue weighted by atomic mass is 16.6. The molecule has 15 heavy (non-hydrogen) atoms. The Labute approximate surface area is 87.5 Å². The van der Waals surface area contributed by atoms with Crippen molar-refractivity contribution >= 4 is 17.9 Å². The molecule has 6 heteroatoms. The number of hydrogen-bond donors (Lipinski definition) is 0. The average Bonchev–Trinajstić information content (AvgIpc) is 2.14. The Morgan fingerprint density at radius 3 is 1.67 bits per heavy atom. The van der Waals surface area contributed by atoms with Gasteiger partial charge in [-0.2, -0.15) is 0 Å². The van der Waals surface area contributed by atoms with Crippen LogP contribution in [0.3, 0.4) is 0 Å². The van der Waals surface area contributed by atoms with E-state index in [0.29, 0.717) is 0 Å². The summed E-state index contributed by atoms with van der Waals surface area (Å²) in [6.45, 7) is 4.43. The smallest absolute Gasteiger partial charge is 0.359 e. The second kappa shape index (κ2) is 6.80. The van der Waals surface area contributed by atoms with E-state index in [-0.39, 0.29) is 13.2 Å². The Morgan fingerprint density at radius 2 is 1.40 bits per heavy atom. The summed E-state index contributed by atoms with van der Waals surface area (Å²) in [6, 6.07) is 0. The van der Waals surface area contributed by atoms with E-state index in [0.717, 1.165) is 6.92 Å². The topological polar surface area (TPSA) is 78.9 Å². The molecule has 0 rings (SSSR count). The largest absolute Gasteiger partial charge is 0.463 e. The molecule has 0 amide bonds. The van der Waals surface area contributed by atoms with Crippen molar-refractivity contribution in [1.82, 2.24) is 0 Å². The van der Waals surface area contributed by atoms with Crippen LogP contribution < -0.4 is 0 Å². The third-order valence-electron chi connectivity index (χ3n) is 1.29. The Kier molecular flexibility index (Phi) is 6.08. The minimum absolute atomic E-state index is 0.0933. The maximum Gasteiger partial charge on any atom is 0.359 e. The molecule has 0 aromatic heterocycles. The molecule has 0 bridgehead atoms. The van der Waals surface area contributed by atoms with Crippen molar-refractivity contribution in [3.8, 4) is 0 Å². The fourth-order valence-electron chi connectivity index (χ4n) is 0.794. The standard InChI is InChI=1S/C9H14O6/c1-4-13-8(11)7(15-6(3)10)9(12)14-5-2/h7H,4-5H2,1-3H3. The number of carbonyl (C=O) groups is 3. The zero-order valence-electron chi connectivity index (χ0n) is 8.94. The molecule has 0 fully saturated rings. The van der Waals surface area contributed by atoms with Gasteiger partial charge in [-0.05, 0) is 13.8 Å². The van der Waals surface area contributed by atoms with Crippen LogP contribution in [0.1, 0.15) is 20.8 Å². The summed E-state index contributed by atoms with van der Waals surface area (Å²) in [5.74, 6) is -2.60. The lowest BCUT2D eigenvalue weighted by molar-refractivity contribution is -0.179. The highest BCUT2D eigenvalue weighted by molar-refractivity contribution is 5.99. The van der Waals surface area contributed by atoms with E-state index in [1.165, 1.54) is 0 Å². The molecule has 86 valence electrons. The van der Waals surface area contributed by atoms with Crippen molar-refractivity contribution in [3.63, 3.8) is 0 Å². The van der Waals surface area contributed by atoms with Crippen molar-refractivity contribution in [1.29, 1.82) is 0 Å². The van der Waals surface area contributed by atoms with Gasteiger partial charge in [0.25, 0.3) is 6.10 Å². The molecule has 6 nitrogen and oxygen atoms in total. The number of rotatable bonds is 5. The van der Waals surface area contributed by atoms with Gasteiger partial charge in [0, 0.05) is 6.92 Å². The van der Waals surface area contributed by atoms with E-state index in [2.05, 4.69) is 14.2 Å². The summed E-state index contributed by atoms with van der Waals surface area (Å²) < 4.78 is 13.6. The van der Waals surface area contributed by atoms with Crippen molar-refractivity contribution in [3.05, 3.63) is 0 Å². The summed E-state index contributed by atoms with van der Waals surface area (Å²) in [4.78, 5) is 33.0. The van der Waals surface area contributed by atoms with Crippen molar-refractivity contribution < 1.29 is 28.6 Å². The molecule has 0 saturated heterocycles. The Morgan fingerprint density at radius 1 is 1.00 bits per heavy atom. The molecule has 0 N–H and O–H groups in total. The Bertz CT molecular complexity index is 229. The predicted molar refractivity (Wildman–Crippen MR) is 48.8 cm³/mol. The lowest BCUT2D eigenvalue weighted by atomic mass is 10.3. The summed E-state index contributed by atoms with van der Waals surface area (Å²) in [5, 5.41) is 0. The van der Waals surface area contributed by atoms with Gasteiger partial charge in [0.15, 0.2) is 0 Å². The van der Waals surface area contributed by atoms with E-state index >= 15 is 0 Å². The van der Waals surface area contributed by atoms with Gasteiger partial charge >= 0.3 is 17.9 Å². The zero-order valence-corrected chi connectivity index (χ0v) is 8.94. The third kappa shape index (κ3) is 4.99. The van der Waals surface area contributed by atoms with Gasteiger partial charge in [0.2, 0.25) is 0 Å². The quantitative estimate of drug-likeness (QED) is 0.368. The van der Waals surface area contributed by atoms with E-state index in [4.69, 9.17) is 0 Å². The van der Waals surface area contributed by atoms with Crippen LogP contribution in [0, 0.1) is 0 Å². The van der Waals surface area contributed by atoms with Crippen LogP contribution >= 0.6 is 0 Å². The Balaban J connectivity index is 4.49. The third-order valence-corrected chi connectivity index (χ3v) is 1.29. The molecule has 0 radical (unpaired) electrons. The molecule has 0 atom stereocenters. The first-order chi connectivity index (χ1) is 7.02. The van der Waals surface area contributed by atoms with Gasteiger partial charge < -0.3 is 14.2 Å². The fourth-order valence-corrected chi connectivity index (χ4v) is 0.794. The monoisotopic (exact) mass is 218 g/mol. The van der Waals surface area contributed by atoms with E-state index < -0.39 is 24.0 Å². The molecular formula is C9H14O6. The number of ether oxygens (including phenoxy) is 3. The molecule has 0 heterocycles. The molecule has 0 aromatic rings. The molecular weight excluding hydrogens is 204 g/mol. The van der Waals surface area contributed by atoms with Crippen LogP contribution in [0.25, 0.3) is 0 Å². The van der Waals surface area contributed by atoms with Crippen molar-refractivity contribution in [2.45, 2.75) is 26.9 Å². The lowest BCUT2D eigenvalue weighted by Gasteiger charge is -2.13. The maximum absolute atomic E-state index is 11.2. The van der Waals surface area contributed by atoms with Crippen molar-refractivity contribution in [2.24, 2.45) is 0 Å². The van der Waals surface area contributed by atoms with Gasteiger partial charge in [0.1, 0.15) is 0 Å². The highest BCUT2D eigenvalue weighted by Crippen LogP contribution is 2.00. The number of carbonyl (C=O) groups excluding carboxylic acids is 3. The number of hydrogen-bond acceptors (Lipinski definition) is 6. The van der Waals surface area contributed by atoms with E-state index in [9.17, 15) is 14.4 Å². The van der Waals surface area contributed by atoms with Gasteiger partial charge in [-0.15, -0.1) is 0 Å². The average molecular weight is 218 g/mol. The van der Waals surface area contributed by atoms with Crippen LogP contribution in [0.2, 0.25) is 0 Å². The van der Waals surface area contributed by atoms with E-state index in [1.807, 2.05) is 0 Å². The van der Waals surface area contributed by atoms with Crippen LogP contribution in [0.5, 0.6) is 0 Å². The minimum Gasteiger partial charge on any atom is -0.463 e. The van der Waals surface area contributed by atoms with Crippen molar-refractivity contribution in [2.75, 3.05) is 13.2 Å². The van der Waals surface area contributed by atoms with Gasteiger partial charge in [-0.3, -0.25) is 4.79 Å². The maximum atomic E-state index is 11.2. The first-order valence-corrected chi connectivity index (χ1v) is 4.53. The number of esters is 3. The van der Waals surface area contributed by atoms with Gasteiger partial charge in [0.05, 0.1) is 13.2 Å². The lowest BCUT2D eigenvalue weighted by Crippen LogP contribution is -2.37. The highest BCUT2D eigenvalue weighted by Gasteiger charge is 2.32. The summed E-state index contributed by atoms with van der Waals surface area (Å²) >= 11 is 0. The summed E-state index contributed by atoms with van der Waals surface area (Å²) in [6.07, 6.45) is -1.62. The molecule has 0 saturated carbocycles. The summed E-state index contributed by atoms with van der Waals surface area (Å²) in [7, 11) is 0. The van der Waals surface area contributed by atoms with Crippen LogP contribution in [0.4, 0.5) is 0 Å². The summed E-state index contributed by atoms with van der Waals surface area (Å²) in [5.41, 5.74) is 0. The molecule has 0 aliphatic carbocycles. The van der Waals surface area contributed by atoms with Crippen LogP contribution in [0.15, 0.2) is 0 Å². The molecule has 0 aliphatic rings. The van der Waals surface area contributed by atoms with Gasteiger partial charge in [-0.1, -0.05) is 0 Å². The molecule has 0 aromatic carbocycles. The second-order valence-corrected chi connectivity index (χ2v) is 2.49. The van der Waals surface area contributed by atoms with E-state index in [1.54, 1.807) is 13.8 Å². The van der Waals surface area contributed by atoms with Crippen LogP contribution in [-0.4, -0.2) is 37.2 Å². The predicted octanol–water partition coefficient (Wildman–Crippen LogP) is 0.0443. The first-order valence-electron chi connectivity index (χ1n) is 4.53. The van der Waals surface area contributed by atoms with Crippen LogP contribution in [-0.2, 0) is 28.6 Å². The first kappa shape index (κ1) is 13.4. The zero-order chi connectivity index (χ0) is 11.8.